The molecule has 0 saturated carbocycles. The third-order valence-corrected chi connectivity index (χ3v) is 5.44. The average Bonchev–Trinajstić information content (AvgIpc) is 3.15. The molecule has 1 N–H and O–H groups in total. The molecule has 8 nitrogen and oxygen atoms in total. The summed E-state index contributed by atoms with van der Waals surface area (Å²) in [6, 6.07) is 3.06. The Morgan fingerprint density at radius 2 is 2.04 bits per heavy atom. The highest BCUT2D eigenvalue weighted by molar-refractivity contribution is 7.90. The van der Waals surface area contributed by atoms with Crippen LogP contribution < -0.4 is 4.72 Å². The van der Waals surface area contributed by atoms with Crippen molar-refractivity contribution in [3.63, 3.8) is 0 Å². The van der Waals surface area contributed by atoms with Gasteiger partial charge in [-0.3, -0.25) is 4.79 Å². The molecule has 0 unspecified atom stereocenters. The summed E-state index contributed by atoms with van der Waals surface area (Å²) < 4.78 is 37.3. The van der Waals surface area contributed by atoms with E-state index in [1.54, 1.807) is 26.8 Å². The number of carbonyl (C=O) groups is 2. The molecule has 0 aromatic carbocycles. The minimum absolute atomic E-state index is 0.0180. The number of rotatable bonds is 4. The van der Waals surface area contributed by atoms with E-state index in [-0.39, 0.29) is 25.3 Å². The molecule has 0 spiro atoms. The maximum atomic E-state index is 12.4. The fraction of sp³-hybridized carbons (Fsp3) is 0.625. The zero-order chi connectivity index (χ0) is 18.8. The molecule has 2 heterocycles. The van der Waals surface area contributed by atoms with Crippen molar-refractivity contribution in [1.29, 1.82) is 0 Å². The maximum Gasteiger partial charge on any atom is 0.410 e. The minimum Gasteiger partial charge on any atom is -0.456 e. The second-order valence-electron chi connectivity index (χ2n) is 6.93. The molecular formula is C16H24N2O6S. The molecule has 2 amide bonds. The normalized spacial score (nSPS) is 18.2. The number of carbonyl (C=O) groups excluding carboxylic acids is 2. The Morgan fingerprint density at radius 1 is 1.36 bits per heavy atom. The molecule has 1 aromatic rings. The molecule has 140 valence electrons. The van der Waals surface area contributed by atoms with E-state index >= 15 is 0 Å². The van der Waals surface area contributed by atoms with Crippen LogP contribution in [0.15, 0.2) is 16.5 Å². The smallest absolute Gasteiger partial charge is 0.410 e. The van der Waals surface area contributed by atoms with Gasteiger partial charge in [-0.05, 0) is 39.3 Å². The molecule has 1 fully saturated rings. The van der Waals surface area contributed by atoms with Gasteiger partial charge in [0.1, 0.15) is 11.4 Å². The maximum absolute atomic E-state index is 12.4. The quantitative estimate of drug-likeness (QED) is 0.865. The van der Waals surface area contributed by atoms with E-state index in [4.69, 9.17) is 9.15 Å². The van der Waals surface area contributed by atoms with Crippen LogP contribution in [0.3, 0.4) is 0 Å². The molecule has 1 aliphatic heterocycles. The first-order chi connectivity index (χ1) is 11.5. The van der Waals surface area contributed by atoms with Crippen LogP contribution in [-0.4, -0.2) is 49.3 Å². The summed E-state index contributed by atoms with van der Waals surface area (Å²) in [5.41, 5.74) is -0.654. The fourth-order valence-corrected chi connectivity index (χ4v) is 3.74. The molecule has 0 aliphatic carbocycles. The van der Waals surface area contributed by atoms with Gasteiger partial charge < -0.3 is 14.1 Å². The second kappa shape index (κ2) is 7.07. The van der Waals surface area contributed by atoms with Gasteiger partial charge in [-0.15, -0.1) is 0 Å². The zero-order valence-electron chi connectivity index (χ0n) is 14.9. The highest BCUT2D eigenvalue weighted by Gasteiger charge is 2.38. The third kappa shape index (κ3) is 4.97. The lowest BCUT2D eigenvalue weighted by Gasteiger charge is -2.24. The molecule has 0 radical (unpaired) electrons. The Labute approximate surface area is 147 Å². The lowest BCUT2D eigenvalue weighted by Crippen LogP contribution is -2.41. The lowest BCUT2D eigenvalue weighted by molar-refractivity contribution is 0.0295. The Bertz CT molecular complexity index is 747. The number of furan rings is 1. The summed E-state index contributed by atoms with van der Waals surface area (Å²) in [7, 11) is -3.92. The van der Waals surface area contributed by atoms with Crippen molar-refractivity contribution in [2.24, 2.45) is 0 Å². The van der Waals surface area contributed by atoms with E-state index in [0.717, 1.165) is 0 Å². The van der Waals surface area contributed by atoms with Gasteiger partial charge in [0.05, 0.1) is 5.25 Å². The topological polar surface area (TPSA) is 106 Å². The summed E-state index contributed by atoms with van der Waals surface area (Å²) in [6.07, 6.45) is 0.281. The predicted octanol–water partition coefficient (Wildman–Crippen LogP) is 1.91. The molecule has 0 bridgehead atoms. The average molecular weight is 372 g/mol. The van der Waals surface area contributed by atoms with Crippen molar-refractivity contribution in [2.45, 2.75) is 51.4 Å². The number of nitrogens with one attached hydrogen (secondary N) is 1. The molecule has 1 aliphatic rings. The number of hydrogen-bond donors (Lipinski definition) is 1. The fourth-order valence-electron chi connectivity index (χ4n) is 2.43. The van der Waals surface area contributed by atoms with E-state index in [0.29, 0.717) is 12.2 Å². The van der Waals surface area contributed by atoms with Crippen molar-refractivity contribution in [2.75, 3.05) is 13.1 Å². The SMILES string of the molecule is CCc1ccc(C(=O)NS(=O)(=O)[C@H]2CCN(C(=O)OC(C)(C)C)C2)o1. The van der Waals surface area contributed by atoms with Crippen molar-refractivity contribution in [1.82, 2.24) is 9.62 Å². The van der Waals surface area contributed by atoms with Gasteiger partial charge in [0.15, 0.2) is 5.76 Å². The first-order valence-corrected chi connectivity index (χ1v) is 9.69. The van der Waals surface area contributed by atoms with Gasteiger partial charge in [-0.1, -0.05) is 6.92 Å². The van der Waals surface area contributed by atoms with Crippen LogP contribution in [0.25, 0.3) is 0 Å². The summed E-state index contributed by atoms with van der Waals surface area (Å²) in [6.45, 7) is 7.32. The predicted molar refractivity (Wildman–Crippen MR) is 90.7 cm³/mol. The molecular weight excluding hydrogens is 348 g/mol. The van der Waals surface area contributed by atoms with E-state index in [1.807, 2.05) is 11.6 Å². The third-order valence-electron chi connectivity index (χ3n) is 3.70. The minimum atomic E-state index is -3.92. The Balaban J connectivity index is 1.98. The molecule has 9 heteroatoms. The number of ether oxygens (including phenoxy) is 1. The Morgan fingerprint density at radius 3 is 2.60 bits per heavy atom. The number of sulfonamides is 1. The van der Waals surface area contributed by atoms with Crippen LogP contribution in [0, 0.1) is 0 Å². The van der Waals surface area contributed by atoms with Crippen LogP contribution >= 0.6 is 0 Å². The summed E-state index contributed by atoms with van der Waals surface area (Å²) in [5.74, 6) is -0.266. The van der Waals surface area contributed by atoms with Gasteiger partial charge in [0.2, 0.25) is 10.0 Å². The van der Waals surface area contributed by atoms with Gasteiger partial charge in [0.25, 0.3) is 5.91 Å². The number of amides is 2. The van der Waals surface area contributed by atoms with Crippen molar-refractivity contribution in [3.05, 3.63) is 23.7 Å². The highest BCUT2D eigenvalue weighted by Crippen LogP contribution is 2.20. The van der Waals surface area contributed by atoms with E-state index in [9.17, 15) is 18.0 Å². The number of aryl methyl sites for hydroxylation is 1. The standard InChI is InChI=1S/C16H24N2O6S/c1-5-11-6-7-13(23-11)14(19)17-25(21,22)12-8-9-18(10-12)15(20)24-16(2,3)4/h6-7,12H,5,8-10H2,1-4H3,(H,17,19)/t12-/m0/s1. The number of nitrogens with zero attached hydrogens (tertiary/aromatic N) is 1. The van der Waals surface area contributed by atoms with E-state index < -0.39 is 32.9 Å². The number of hydrogen-bond acceptors (Lipinski definition) is 6. The van der Waals surface area contributed by atoms with Crippen LogP contribution in [0.2, 0.25) is 0 Å². The van der Waals surface area contributed by atoms with Gasteiger partial charge in [0, 0.05) is 19.5 Å². The van der Waals surface area contributed by atoms with Crippen LogP contribution in [0.1, 0.15) is 50.4 Å². The Hall–Kier alpha value is -2.03. The second-order valence-corrected chi connectivity index (χ2v) is 8.89. The van der Waals surface area contributed by atoms with E-state index in [1.165, 1.54) is 11.0 Å². The first-order valence-electron chi connectivity index (χ1n) is 8.14. The van der Waals surface area contributed by atoms with Crippen LogP contribution in [-0.2, 0) is 21.2 Å². The molecule has 25 heavy (non-hydrogen) atoms. The summed E-state index contributed by atoms with van der Waals surface area (Å²) >= 11 is 0. The zero-order valence-corrected chi connectivity index (χ0v) is 15.7. The molecule has 1 atom stereocenters. The van der Waals surface area contributed by atoms with Crippen molar-refractivity contribution < 1.29 is 27.2 Å². The van der Waals surface area contributed by atoms with Gasteiger partial charge in [-0.25, -0.2) is 17.9 Å². The molecule has 1 saturated heterocycles. The monoisotopic (exact) mass is 372 g/mol. The van der Waals surface area contributed by atoms with E-state index in [2.05, 4.69) is 0 Å². The van der Waals surface area contributed by atoms with Crippen LogP contribution in [0.5, 0.6) is 0 Å². The van der Waals surface area contributed by atoms with Gasteiger partial charge in [-0.2, -0.15) is 0 Å². The number of likely N-dealkylation sites (tertiary alicyclic amines) is 1. The van der Waals surface area contributed by atoms with Crippen molar-refractivity contribution >= 4 is 22.0 Å². The van der Waals surface area contributed by atoms with Crippen LogP contribution in [0.4, 0.5) is 4.79 Å². The van der Waals surface area contributed by atoms with Crippen molar-refractivity contribution in [3.8, 4) is 0 Å². The molecule has 1 aromatic heterocycles. The summed E-state index contributed by atoms with van der Waals surface area (Å²) in [4.78, 5) is 25.4. The Kier molecular flexibility index (Phi) is 5.46. The van der Waals surface area contributed by atoms with Gasteiger partial charge >= 0.3 is 6.09 Å². The highest BCUT2D eigenvalue weighted by atomic mass is 32.2. The lowest BCUT2D eigenvalue weighted by atomic mass is 10.2. The molecule has 2 rings (SSSR count). The first kappa shape index (κ1) is 19.3. The summed E-state index contributed by atoms with van der Waals surface area (Å²) in [5, 5.41) is -0.871. The largest absolute Gasteiger partial charge is 0.456 e.